The quantitative estimate of drug-likeness (QED) is 0.110. The molecule has 4 saturated heterocycles. The summed E-state index contributed by atoms with van der Waals surface area (Å²) in [5.41, 5.74) is 6.57. The molecule has 5 aromatic rings. The van der Waals surface area contributed by atoms with Crippen LogP contribution in [0.5, 0.6) is 5.75 Å². The lowest BCUT2D eigenvalue weighted by atomic mass is 9.85. The van der Waals surface area contributed by atoms with Crippen LogP contribution in [0.15, 0.2) is 48.7 Å². The van der Waals surface area contributed by atoms with Crippen LogP contribution in [0.4, 0.5) is 9.59 Å². The van der Waals surface area contributed by atoms with Crippen molar-refractivity contribution in [3.05, 3.63) is 65.9 Å². The van der Waals surface area contributed by atoms with E-state index < -0.39 is 24.3 Å². The molecular formula is C53H66N8O9. The standard InChI is InChI=1S/C53H66N8O9/c1-26-9-15-42(60(26)50(62)45(58-52(64)66-7)34-17-28(3)69-29(4)18-34)48-54-24-41(56-48)33-11-13-37-36(21-33)25-68-44-23-38-32(22-39(37)44)12-14-40-47(38)57-49(55-40)43-16-10-27(2)61(43)51(63)46(59-53(65)67-8)35-19-30(5)70-31(6)20-35/h11-14,21-24,26-31,34-35,42-43,45-46H,9-10,15-20,25H2,1-8H3,(H,54,56)(H,55,57)(H,58,64)(H,59,65)/t26-,27-,28+,29+,30+,31?,35?,42-,43-,45-,46-/m0/s1. The Morgan fingerprint density at radius 1 is 0.686 bits per heavy atom. The maximum atomic E-state index is 14.6. The molecule has 0 bridgehead atoms. The van der Waals surface area contributed by atoms with E-state index in [2.05, 4.69) is 70.8 Å². The maximum absolute atomic E-state index is 14.6. The summed E-state index contributed by atoms with van der Waals surface area (Å²) in [7, 11) is 2.63. The first-order valence-corrected chi connectivity index (χ1v) is 25.1. The van der Waals surface area contributed by atoms with Crippen molar-refractivity contribution in [3.63, 3.8) is 0 Å². The highest BCUT2D eigenvalue weighted by Crippen LogP contribution is 2.45. The largest absolute Gasteiger partial charge is 0.488 e. The number of carbonyl (C=O) groups is 4. The summed E-state index contributed by atoms with van der Waals surface area (Å²) < 4.78 is 28.5. The fraction of sp³-hybridized carbons (Fsp3) is 0.547. The topological polar surface area (TPSA) is 202 Å². The predicted molar refractivity (Wildman–Crippen MR) is 262 cm³/mol. The zero-order valence-electron chi connectivity index (χ0n) is 41.4. The summed E-state index contributed by atoms with van der Waals surface area (Å²) in [6.07, 6.45) is 6.13. The van der Waals surface area contributed by atoms with Crippen LogP contribution < -0.4 is 15.4 Å². The molecule has 4 amide bonds. The number of aromatic amines is 2. The number of methoxy groups -OCH3 is 2. The molecule has 3 aromatic carbocycles. The third-order valence-corrected chi connectivity index (χ3v) is 15.6. The Bertz CT molecular complexity index is 2790. The van der Waals surface area contributed by atoms with Crippen molar-refractivity contribution in [1.82, 2.24) is 40.4 Å². The molecule has 70 heavy (non-hydrogen) atoms. The number of carbonyl (C=O) groups excluding carboxylic acids is 4. The van der Waals surface area contributed by atoms with Gasteiger partial charge in [0.15, 0.2) is 0 Å². The Labute approximate surface area is 408 Å². The van der Waals surface area contributed by atoms with Crippen LogP contribution in [0.3, 0.4) is 0 Å². The fourth-order valence-corrected chi connectivity index (χ4v) is 12.5. The average Bonchev–Trinajstić information content (AvgIpc) is 4.16. The number of nitrogens with one attached hydrogen (secondary N) is 4. The number of H-pyrrole nitrogens is 2. The number of hydrogen-bond acceptors (Lipinski definition) is 11. The molecule has 5 aliphatic heterocycles. The van der Waals surface area contributed by atoms with Crippen molar-refractivity contribution in [1.29, 1.82) is 0 Å². The number of likely N-dealkylation sites (tertiary alicyclic amines) is 2. The number of alkyl carbamates (subject to hydrolysis) is 2. The van der Waals surface area contributed by atoms with E-state index in [1.165, 1.54) is 14.2 Å². The van der Waals surface area contributed by atoms with E-state index in [9.17, 15) is 19.2 Å². The molecule has 10 rings (SSSR count). The summed E-state index contributed by atoms with van der Waals surface area (Å²) in [6, 6.07) is 12.5. The van der Waals surface area contributed by atoms with Gasteiger partial charge in [-0.25, -0.2) is 19.6 Å². The van der Waals surface area contributed by atoms with E-state index in [4.69, 9.17) is 33.7 Å². The van der Waals surface area contributed by atoms with Gasteiger partial charge in [-0.1, -0.05) is 18.2 Å². The van der Waals surface area contributed by atoms with Crippen molar-refractivity contribution in [2.45, 2.75) is 160 Å². The monoisotopic (exact) mass is 958 g/mol. The molecule has 11 atom stereocenters. The highest BCUT2D eigenvalue weighted by atomic mass is 16.5. The lowest BCUT2D eigenvalue weighted by molar-refractivity contribution is -0.141. The van der Waals surface area contributed by atoms with Crippen LogP contribution in [0.1, 0.15) is 122 Å². The molecule has 2 aromatic heterocycles. The van der Waals surface area contributed by atoms with Crippen molar-refractivity contribution < 1.29 is 42.9 Å². The van der Waals surface area contributed by atoms with E-state index in [0.717, 1.165) is 81.2 Å². The van der Waals surface area contributed by atoms with Gasteiger partial charge in [0, 0.05) is 23.0 Å². The summed E-state index contributed by atoms with van der Waals surface area (Å²) in [4.78, 5) is 75.3. The molecule has 4 fully saturated rings. The number of fused-ring (bicyclic) bond motifs is 6. The minimum atomic E-state index is -0.758. The average molecular weight is 959 g/mol. The van der Waals surface area contributed by atoms with Crippen LogP contribution >= 0.6 is 0 Å². The highest BCUT2D eigenvalue weighted by Gasteiger charge is 2.46. The number of amides is 4. The minimum Gasteiger partial charge on any atom is -0.488 e. The molecular weight excluding hydrogens is 893 g/mol. The van der Waals surface area contributed by atoms with Crippen molar-refractivity contribution >= 4 is 45.8 Å². The maximum Gasteiger partial charge on any atom is 0.407 e. The molecule has 4 N–H and O–H groups in total. The van der Waals surface area contributed by atoms with Gasteiger partial charge < -0.3 is 54.1 Å². The van der Waals surface area contributed by atoms with Gasteiger partial charge in [-0.15, -0.1) is 0 Å². The Balaban J connectivity index is 0.891. The minimum absolute atomic E-state index is 0.0333. The number of benzene rings is 3. The molecule has 0 radical (unpaired) electrons. The summed E-state index contributed by atoms with van der Waals surface area (Å²) in [6.45, 7) is 12.5. The van der Waals surface area contributed by atoms with Gasteiger partial charge in [0.25, 0.3) is 0 Å². The number of ether oxygens (including phenoxy) is 5. The molecule has 2 unspecified atom stereocenters. The van der Waals surface area contributed by atoms with Crippen LogP contribution in [0.2, 0.25) is 0 Å². The molecule has 0 saturated carbocycles. The number of hydrogen-bond donors (Lipinski definition) is 4. The lowest BCUT2D eigenvalue weighted by Crippen LogP contribution is -2.55. The second-order valence-electron chi connectivity index (χ2n) is 20.6. The first-order valence-electron chi connectivity index (χ1n) is 25.1. The molecule has 0 spiro atoms. The van der Waals surface area contributed by atoms with Crippen LogP contribution in [0.25, 0.3) is 44.2 Å². The molecule has 17 heteroatoms. The van der Waals surface area contributed by atoms with E-state index in [-0.39, 0.29) is 72.2 Å². The van der Waals surface area contributed by atoms with Crippen molar-refractivity contribution in [3.8, 4) is 28.1 Å². The summed E-state index contributed by atoms with van der Waals surface area (Å²) >= 11 is 0. The van der Waals surface area contributed by atoms with Gasteiger partial charge in [-0.05, 0) is 151 Å². The number of rotatable bonds is 9. The van der Waals surface area contributed by atoms with E-state index >= 15 is 0 Å². The van der Waals surface area contributed by atoms with Crippen LogP contribution in [0, 0.1) is 11.8 Å². The van der Waals surface area contributed by atoms with Gasteiger partial charge in [0.05, 0.1) is 73.6 Å². The number of nitrogens with zero attached hydrogens (tertiary/aromatic N) is 4. The first kappa shape index (κ1) is 47.5. The number of imidazole rings is 2. The molecule has 0 aliphatic carbocycles. The predicted octanol–water partition coefficient (Wildman–Crippen LogP) is 8.63. The van der Waals surface area contributed by atoms with E-state index in [0.29, 0.717) is 43.9 Å². The SMILES string of the molecule is COC(=O)N[C@H](C(=O)N1[C@@H](C)CC[C@H]1c1ncc(-c2ccc3c(c2)COc2cc4c(ccc5nc([C@@H]6CC[C@H](C)N6C(=O)[C@@H](NC(=O)OC)C6CC(C)O[C@H](C)C6)[nH]c54)cc2-3)[nH]1)C1C[C@@H](C)O[C@H](C)C1. The van der Waals surface area contributed by atoms with Gasteiger partial charge in [0.2, 0.25) is 11.8 Å². The molecule has 5 aliphatic rings. The van der Waals surface area contributed by atoms with E-state index in [1.54, 1.807) is 0 Å². The van der Waals surface area contributed by atoms with Gasteiger partial charge in [0.1, 0.15) is 36.1 Å². The second kappa shape index (κ2) is 19.2. The van der Waals surface area contributed by atoms with E-state index in [1.807, 2.05) is 49.8 Å². The lowest BCUT2D eigenvalue weighted by Gasteiger charge is -2.39. The Kier molecular flexibility index (Phi) is 13.0. The smallest absolute Gasteiger partial charge is 0.407 e. The Morgan fingerprint density at radius 3 is 1.83 bits per heavy atom. The highest BCUT2D eigenvalue weighted by molar-refractivity contribution is 6.07. The van der Waals surface area contributed by atoms with Crippen LogP contribution in [-0.4, -0.2) is 117 Å². The Morgan fingerprint density at radius 2 is 1.26 bits per heavy atom. The second-order valence-corrected chi connectivity index (χ2v) is 20.6. The third kappa shape index (κ3) is 8.95. The number of aromatic nitrogens is 4. The third-order valence-electron chi connectivity index (χ3n) is 15.6. The van der Waals surface area contributed by atoms with Crippen molar-refractivity contribution in [2.75, 3.05) is 14.2 Å². The normalized spacial score (nSPS) is 28.4. The van der Waals surface area contributed by atoms with Crippen molar-refractivity contribution in [2.24, 2.45) is 11.8 Å². The fourth-order valence-electron chi connectivity index (χ4n) is 12.5. The van der Waals surface area contributed by atoms with Gasteiger partial charge in [-0.3, -0.25) is 9.59 Å². The van der Waals surface area contributed by atoms with Gasteiger partial charge in [-0.2, -0.15) is 0 Å². The summed E-state index contributed by atoms with van der Waals surface area (Å²) in [5.74, 6) is 1.72. The zero-order valence-corrected chi connectivity index (χ0v) is 41.4. The molecule has 7 heterocycles. The molecule has 372 valence electrons. The van der Waals surface area contributed by atoms with Gasteiger partial charge >= 0.3 is 12.2 Å². The first-order chi connectivity index (χ1) is 33.7. The summed E-state index contributed by atoms with van der Waals surface area (Å²) in [5, 5.41) is 7.77. The molecule has 17 nitrogen and oxygen atoms in total. The zero-order chi connectivity index (χ0) is 49.1. The van der Waals surface area contributed by atoms with Crippen LogP contribution in [-0.2, 0) is 35.1 Å². The Hall–Kier alpha value is -6.20.